The first-order chi connectivity index (χ1) is 11.0. The highest BCUT2D eigenvalue weighted by molar-refractivity contribution is 7.17. The van der Waals surface area contributed by atoms with Gasteiger partial charge in [0, 0.05) is 4.88 Å². The number of hydrogen-bond donors (Lipinski definition) is 2. The van der Waals surface area contributed by atoms with Crippen molar-refractivity contribution in [1.82, 2.24) is 0 Å². The fourth-order valence-corrected chi connectivity index (χ4v) is 4.33. The van der Waals surface area contributed by atoms with Gasteiger partial charge in [-0.3, -0.25) is 9.59 Å². The van der Waals surface area contributed by atoms with E-state index < -0.39 is 17.6 Å². The minimum atomic E-state index is -0.597. The van der Waals surface area contributed by atoms with E-state index in [1.807, 2.05) is 0 Å². The Bertz CT molecular complexity index is 785. The van der Waals surface area contributed by atoms with E-state index in [0.717, 1.165) is 29.7 Å². The van der Waals surface area contributed by atoms with Crippen molar-refractivity contribution in [3.63, 3.8) is 0 Å². The molecule has 0 aliphatic heterocycles. The number of rotatable bonds is 3. The smallest absolute Gasteiger partial charge is 0.259 e. The molecule has 1 aliphatic rings. The summed E-state index contributed by atoms with van der Waals surface area (Å²) in [4.78, 5) is 25.2. The Labute approximate surface area is 137 Å². The number of carbonyl (C=O) groups excluding carboxylic acids is 2. The highest BCUT2D eigenvalue weighted by atomic mass is 32.1. The van der Waals surface area contributed by atoms with Crippen molar-refractivity contribution in [2.24, 2.45) is 11.7 Å². The van der Waals surface area contributed by atoms with Crippen LogP contribution < -0.4 is 11.1 Å². The van der Waals surface area contributed by atoms with E-state index in [9.17, 15) is 14.0 Å². The Morgan fingerprint density at radius 3 is 2.78 bits per heavy atom. The fourth-order valence-electron chi connectivity index (χ4n) is 2.92. The predicted octanol–water partition coefficient (Wildman–Crippen LogP) is 3.36. The first kappa shape index (κ1) is 15.7. The Balaban J connectivity index is 1.96. The average molecular weight is 332 g/mol. The van der Waals surface area contributed by atoms with Crippen LogP contribution in [0, 0.1) is 11.7 Å². The average Bonchev–Trinajstić information content (AvgIpc) is 2.84. The Hall–Kier alpha value is -2.21. The van der Waals surface area contributed by atoms with Gasteiger partial charge in [0.05, 0.1) is 11.1 Å². The van der Waals surface area contributed by atoms with Gasteiger partial charge in [-0.1, -0.05) is 19.1 Å². The monoisotopic (exact) mass is 332 g/mol. The molecule has 0 unspecified atom stereocenters. The number of primary amides is 1. The van der Waals surface area contributed by atoms with Crippen LogP contribution in [0.25, 0.3) is 0 Å². The van der Waals surface area contributed by atoms with Gasteiger partial charge >= 0.3 is 0 Å². The number of anilines is 1. The SMILES string of the molecule is C[C@@H]1CCc2c(sc(NC(=O)c3ccccc3F)c2C(N)=O)C1. The molecule has 1 aromatic heterocycles. The van der Waals surface area contributed by atoms with Gasteiger partial charge in [0.2, 0.25) is 0 Å². The summed E-state index contributed by atoms with van der Waals surface area (Å²) in [5, 5.41) is 3.08. The molecular formula is C17H17FN2O2S. The molecule has 0 saturated carbocycles. The molecule has 23 heavy (non-hydrogen) atoms. The molecule has 0 saturated heterocycles. The van der Waals surface area contributed by atoms with Gasteiger partial charge in [-0.05, 0) is 42.9 Å². The van der Waals surface area contributed by atoms with Crippen molar-refractivity contribution >= 4 is 28.2 Å². The number of carbonyl (C=O) groups is 2. The van der Waals surface area contributed by atoms with Crippen LogP contribution in [-0.4, -0.2) is 11.8 Å². The number of nitrogens with two attached hydrogens (primary N) is 1. The molecule has 1 aliphatic carbocycles. The Morgan fingerprint density at radius 1 is 1.35 bits per heavy atom. The van der Waals surface area contributed by atoms with Crippen LogP contribution in [-0.2, 0) is 12.8 Å². The van der Waals surface area contributed by atoms with Crippen LogP contribution in [0.3, 0.4) is 0 Å². The summed E-state index contributed by atoms with van der Waals surface area (Å²) in [7, 11) is 0. The second-order valence-electron chi connectivity index (χ2n) is 5.85. The second kappa shape index (κ2) is 6.12. The number of hydrogen-bond acceptors (Lipinski definition) is 3. The summed E-state index contributed by atoms with van der Waals surface area (Å²) in [6.07, 6.45) is 2.64. The molecule has 0 radical (unpaired) electrons. The molecule has 2 aromatic rings. The molecule has 2 amide bonds. The molecule has 3 rings (SSSR count). The molecule has 0 spiro atoms. The third-order valence-electron chi connectivity index (χ3n) is 4.10. The van der Waals surface area contributed by atoms with E-state index in [4.69, 9.17) is 5.73 Å². The number of benzene rings is 1. The summed E-state index contributed by atoms with van der Waals surface area (Å²) < 4.78 is 13.7. The van der Waals surface area contributed by atoms with Crippen LogP contribution >= 0.6 is 11.3 Å². The third-order valence-corrected chi connectivity index (χ3v) is 5.27. The zero-order valence-electron chi connectivity index (χ0n) is 12.7. The zero-order chi connectivity index (χ0) is 16.6. The van der Waals surface area contributed by atoms with Crippen molar-refractivity contribution in [1.29, 1.82) is 0 Å². The normalized spacial score (nSPS) is 16.7. The topological polar surface area (TPSA) is 72.2 Å². The van der Waals surface area contributed by atoms with Gasteiger partial charge in [0.1, 0.15) is 10.8 Å². The zero-order valence-corrected chi connectivity index (χ0v) is 13.5. The number of fused-ring (bicyclic) bond motifs is 1. The van der Waals surface area contributed by atoms with E-state index in [2.05, 4.69) is 12.2 Å². The molecule has 0 fully saturated rings. The molecule has 6 heteroatoms. The minimum Gasteiger partial charge on any atom is -0.365 e. The van der Waals surface area contributed by atoms with Crippen LogP contribution in [0.4, 0.5) is 9.39 Å². The molecule has 120 valence electrons. The number of halogens is 1. The summed E-state index contributed by atoms with van der Waals surface area (Å²) >= 11 is 1.37. The fraction of sp³-hybridized carbons (Fsp3) is 0.294. The number of thiophene rings is 1. The van der Waals surface area contributed by atoms with Gasteiger partial charge in [-0.15, -0.1) is 11.3 Å². The molecule has 1 heterocycles. The maximum Gasteiger partial charge on any atom is 0.259 e. The third kappa shape index (κ3) is 2.99. The van der Waals surface area contributed by atoms with E-state index in [1.54, 1.807) is 6.07 Å². The second-order valence-corrected chi connectivity index (χ2v) is 6.96. The van der Waals surface area contributed by atoms with E-state index in [0.29, 0.717) is 16.5 Å². The lowest BCUT2D eigenvalue weighted by Gasteiger charge is -2.18. The van der Waals surface area contributed by atoms with Gasteiger partial charge in [0.25, 0.3) is 11.8 Å². The van der Waals surface area contributed by atoms with Crippen LogP contribution in [0.15, 0.2) is 24.3 Å². The van der Waals surface area contributed by atoms with E-state index in [1.165, 1.54) is 29.5 Å². The molecule has 0 bridgehead atoms. The molecule has 1 aromatic carbocycles. The maximum atomic E-state index is 13.7. The van der Waals surface area contributed by atoms with Crippen molar-refractivity contribution in [2.45, 2.75) is 26.2 Å². The quantitative estimate of drug-likeness (QED) is 0.904. The molecule has 1 atom stereocenters. The first-order valence-electron chi connectivity index (χ1n) is 7.47. The van der Waals surface area contributed by atoms with Gasteiger partial charge < -0.3 is 11.1 Å². The minimum absolute atomic E-state index is 0.0531. The maximum absolute atomic E-state index is 13.7. The van der Waals surface area contributed by atoms with Crippen molar-refractivity contribution in [3.05, 3.63) is 51.7 Å². The van der Waals surface area contributed by atoms with Gasteiger partial charge in [-0.25, -0.2) is 4.39 Å². The Kier molecular flexibility index (Phi) is 4.17. The van der Waals surface area contributed by atoms with Crippen molar-refractivity contribution in [2.75, 3.05) is 5.32 Å². The number of amides is 2. The van der Waals surface area contributed by atoms with Crippen molar-refractivity contribution < 1.29 is 14.0 Å². The largest absolute Gasteiger partial charge is 0.365 e. The summed E-state index contributed by atoms with van der Waals surface area (Å²) in [6.45, 7) is 2.16. The lowest BCUT2D eigenvalue weighted by Crippen LogP contribution is -2.19. The van der Waals surface area contributed by atoms with Crippen LogP contribution in [0.1, 0.15) is 44.5 Å². The van der Waals surface area contributed by atoms with Gasteiger partial charge in [-0.2, -0.15) is 0 Å². The predicted molar refractivity (Wildman–Crippen MR) is 88.4 cm³/mol. The summed E-state index contributed by atoms with van der Waals surface area (Å²) in [5.74, 6) is -1.18. The molecule has 3 N–H and O–H groups in total. The van der Waals surface area contributed by atoms with E-state index in [-0.39, 0.29) is 5.56 Å². The summed E-state index contributed by atoms with van der Waals surface area (Å²) in [6, 6.07) is 5.75. The number of nitrogens with one attached hydrogen (secondary N) is 1. The lowest BCUT2D eigenvalue weighted by atomic mass is 9.88. The highest BCUT2D eigenvalue weighted by Gasteiger charge is 2.27. The first-order valence-corrected chi connectivity index (χ1v) is 8.29. The van der Waals surface area contributed by atoms with Gasteiger partial charge in [0.15, 0.2) is 0 Å². The molecular weight excluding hydrogens is 315 g/mol. The van der Waals surface area contributed by atoms with Crippen LogP contribution in [0.5, 0.6) is 0 Å². The molecule has 4 nitrogen and oxygen atoms in total. The van der Waals surface area contributed by atoms with Crippen LogP contribution in [0.2, 0.25) is 0 Å². The van der Waals surface area contributed by atoms with E-state index >= 15 is 0 Å². The summed E-state index contributed by atoms with van der Waals surface area (Å²) in [5.41, 5.74) is 6.76. The Morgan fingerprint density at radius 2 is 2.09 bits per heavy atom. The lowest BCUT2D eigenvalue weighted by molar-refractivity contribution is 0.1000. The van der Waals surface area contributed by atoms with Crippen molar-refractivity contribution in [3.8, 4) is 0 Å². The standard InChI is InChI=1S/C17H17FN2O2S/c1-9-6-7-11-13(8-9)23-17(14(11)15(19)21)20-16(22)10-4-2-3-5-12(10)18/h2-5,9H,6-8H2,1H3,(H2,19,21)(H,20,22)/t9-/m1/s1. The highest BCUT2D eigenvalue weighted by Crippen LogP contribution is 2.39.